The molecule has 0 fully saturated rings. The molecule has 0 radical (unpaired) electrons. The maximum absolute atomic E-state index is 12.4. The van der Waals surface area contributed by atoms with Gasteiger partial charge in [0.25, 0.3) is 0 Å². The molecule has 0 spiro atoms. The standard InChI is InChI=1S/C24H12O8/c25-20(14-4-8-17-19(11-14)24(29)32-22(17)27)30-15-5-1-12(2-6-15)9-13-3-7-16-18(10-13)23(28)31-21(16)26/h1-8,10-11H,9H2. The number of esters is 5. The van der Waals surface area contributed by atoms with Crippen molar-refractivity contribution in [3.8, 4) is 5.75 Å². The summed E-state index contributed by atoms with van der Waals surface area (Å²) >= 11 is 0. The van der Waals surface area contributed by atoms with E-state index < -0.39 is 29.8 Å². The number of ether oxygens (including phenoxy) is 3. The predicted octanol–water partition coefficient (Wildman–Crippen LogP) is 3.12. The highest BCUT2D eigenvalue weighted by molar-refractivity contribution is 6.16. The summed E-state index contributed by atoms with van der Waals surface area (Å²) in [6, 6.07) is 15.7. The number of hydrogen-bond donors (Lipinski definition) is 0. The van der Waals surface area contributed by atoms with Crippen LogP contribution in [-0.2, 0) is 15.9 Å². The van der Waals surface area contributed by atoms with E-state index in [1.807, 2.05) is 0 Å². The lowest BCUT2D eigenvalue weighted by Crippen LogP contribution is -2.09. The smallest absolute Gasteiger partial charge is 0.346 e. The molecular weight excluding hydrogens is 416 g/mol. The maximum atomic E-state index is 12.4. The minimum atomic E-state index is -0.798. The third-order valence-electron chi connectivity index (χ3n) is 5.13. The Labute approximate surface area is 180 Å². The van der Waals surface area contributed by atoms with Crippen LogP contribution in [0.1, 0.15) is 62.9 Å². The second kappa shape index (κ2) is 7.28. The normalized spacial score (nSPS) is 14.0. The van der Waals surface area contributed by atoms with E-state index in [1.165, 1.54) is 18.2 Å². The van der Waals surface area contributed by atoms with E-state index in [9.17, 15) is 24.0 Å². The fraction of sp³-hybridized carbons (Fsp3) is 0.0417. The minimum absolute atomic E-state index is 0.0275. The predicted molar refractivity (Wildman–Crippen MR) is 107 cm³/mol. The summed E-state index contributed by atoms with van der Waals surface area (Å²) in [5.41, 5.74) is 2.46. The zero-order chi connectivity index (χ0) is 22.4. The zero-order valence-corrected chi connectivity index (χ0v) is 16.2. The molecule has 0 atom stereocenters. The Morgan fingerprint density at radius 2 is 1.16 bits per heavy atom. The first-order valence-electron chi connectivity index (χ1n) is 9.50. The van der Waals surface area contributed by atoms with Gasteiger partial charge in [0.15, 0.2) is 0 Å². The largest absolute Gasteiger partial charge is 0.423 e. The van der Waals surface area contributed by atoms with Crippen molar-refractivity contribution in [3.63, 3.8) is 0 Å². The Morgan fingerprint density at radius 3 is 1.81 bits per heavy atom. The average molecular weight is 428 g/mol. The molecule has 0 aliphatic carbocycles. The maximum Gasteiger partial charge on any atom is 0.346 e. The summed E-state index contributed by atoms with van der Waals surface area (Å²) in [6.07, 6.45) is 0.490. The van der Waals surface area contributed by atoms with Crippen LogP contribution in [0.4, 0.5) is 0 Å². The zero-order valence-electron chi connectivity index (χ0n) is 16.2. The van der Waals surface area contributed by atoms with Crippen LogP contribution in [0.25, 0.3) is 0 Å². The van der Waals surface area contributed by atoms with Crippen molar-refractivity contribution in [2.24, 2.45) is 0 Å². The SMILES string of the molecule is O=C(Oc1ccc(Cc2ccc3c(c2)C(=O)OC3=O)cc1)c1ccc2c(c1)C(=O)OC2=O. The van der Waals surface area contributed by atoms with Gasteiger partial charge < -0.3 is 14.2 Å². The van der Waals surface area contributed by atoms with Gasteiger partial charge in [-0.3, -0.25) is 0 Å². The monoisotopic (exact) mass is 428 g/mol. The Bertz CT molecular complexity index is 1350. The quantitative estimate of drug-likeness (QED) is 0.354. The second-order valence-corrected chi connectivity index (χ2v) is 7.20. The first kappa shape index (κ1) is 19.4. The van der Waals surface area contributed by atoms with Crippen molar-refractivity contribution in [1.82, 2.24) is 0 Å². The first-order valence-corrected chi connectivity index (χ1v) is 9.50. The van der Waals surface area contributed by atoms with Gasteiger partial charge in [-0.05, 0) is 60.0 Å². The fourth-order valence-electron chi connectivity index (χ4n) is 3.53. The van der Waals surface area contributed by atoms with Gasteiger partial charge in [0.05, 0.1) is 27.8 Å². The number of benzene rings is 3. The van der Waals surface area contributed by atoms with Crippen molar-refractivity contribution >= 4 is 29.8 Å². The summed E-state index contributed by atoms with van der Waals surface area (Å²) in [7, 11) is 0. The highest BCUT2D eigenvalue weighted by Crippen LogP contribution is 2.24. The molecule has 8 nitrogen and oxygen atoms in total. The molecule has 0 unspecified atom stereocenters. The summed E-state index contributed by atoms with van der Waals surface area (Å²) in [5, 5.41) is 0. The molecule has 156 valence electrons. The number of hydrogen-bond acceptors (Lipinski definition) is 8. The molecule has 8 heteroatoms. The van der Waals surface area contributed by atoms with Gasteiger partial charge in [0.2, 0.25) is 0 Å². The van der Waals surface area contributed by atoms with E-state index in [1.54, 1.807) is 42.5 Å². The van der Waals surface area contributed by atoms with Gasteiger partial charge in [-0.2, -0.15) is 0 Å². The van der Waals surface area contributed by atoms with Crippen molar-refractivity contribution in [2.75, 3.05) is 0 Å². The van der Waals surface area contributed by atoms with Gasteiger partial charge in [-0.15, -0.1) is 0 Å². The molecule has 2 heterocycles. The van der Waals surface area contributed by atoms with E-state index in [0.29, 0.717) is 12.2 Å². The van der Waals surface area contributed by atoms with E-state index in [-0.39, 0.29) is 27.8 Å². The molecular formula is C24H12O8. The molecule has 32 heavy (non-hydrogen) atoms. The van der Waals surface area contributed by atoms with Crippen LogP contribution < -0.4 is 4.74 Å². The van der Waals surface area contributed by atoms with E-state index >= 15 is 0 Å². The highest BCUT2D eigenvalue weighted by Gasteiger charge is 2.31. The van der Waals surface area contributed by atoms with Crippen molar-refractivity contribution < 1.29 is 38.2 Å². The lowest BCUT2D eigenvalue weighted by Gasteiger charge is -2.07. The van der Waals surface area contributed by atoms with E-state index in [0.717, 1.165) is 11.1 Å². The summed E-state index contributed by atoms with van der Waals surface area (Å²) < 4.78 is 14.4. The third-order valence-corrected chi connectivity index (χ3v) is 5.13. The molecule has 2 aliphatic heterocycles. The van der Waals surface area contributed by atoms with Gasteiger partial charge in [-0.1, -0.05) is 18.2 Å². The number of cyclic esters (lactones) is 4. The minimum Gasteiger partial charge on any atom is -0.423 e. The Balaban J connectivity index is 1.28. The molecule has 0 aromatic heterocycles. The van der Waals surface area contributed by atoms with E-state index in [4.69, 9.17) is 4.74 Å². The molecule has 2 aliphatic rings. The van der Waals surface area contributed by atoms with Crippen molar-refractivity contribution in [3.05, 3.63) is 99.6 Å². The summed E-state index contributed by atoms with van der Waals surface area (Å²) in [5.74, 6) is -3.23. The molecule has 0 saturated heterocycles. The van der Waals surface area contributed by atoms with Crippen LogP contribution in [0.3, 0.4) is 0 Å². The van der Waals surface area contributed by atoms with Gasteiger partial charge in [0.1, 0.15) is 5.75 Å². The second-order valence-electron chi connectivity index (χ2n) is 7.20. The van der Waals surface area contributed by atoms with Crippen LogP contribution in [0, 0.1) is 0 Å². The molecule has 0 saturated carbocycles. The Hall–Kier alpha value is -4.59. The van der Waals surface area contributed by atoms with Crippen LogP contribution >= 0.6 is 0 Å². The molecule has 0 N–H and O–H groups in total. The van der Waals surface area contributed by atoms with Gasteiger partial charge in [-0.25, -0.2) is 24.0 Å². The topological polar surface area (TPSA) is 113 Å². The lowest BCUT2D eigenvalue weighted by molar-refractivity contribution is 0.0425. The molecule has 3 aromatic rings. The molecule has 0 bridgehead atoms. The first-order chi connectivity index (χ1) is 15.4. The number of carbonyl (C=O) groups excluding carboxylic acids is 5. The van der Waals surface area contributed by atoms with E-state index in [2.05, 4.69) is 9.47 Å². The van der Waals surface area contributed by atoms with Gasteiger partial charge >= 0.3 is 29.8 Å². The van der Waals surface area contributed by atoms with Crippen LogP contribution in [0.2, 0.25) is 0 Å². The number of fused-ring (bicyclic) bond motifs is 2. The van der Waals surface area contributed by atoms with Crippen molar-refractivity contribution in [1.29, 1.82) is 0 Å². The third kappa shape index (κ3) is 3.33. The van der Waals surface area contributed by atoms with Crippen molar-refractivity contribution in [2.45, 2.75) is 6.42 Å². The molecule has 3 aromatic carbocycles. The van der Waals surface area contributed by atoms with Crippen LogP contribution in [0.15, 0.2) is 60.7 Å². The summed E-state index contributed by atoms with van der Waals surface area (Å²) in [4.78, 5) is 58.8. The van der Waals surface area contributed by atoms with Crippen LogP contribution in [-0.4, -0.2) is 29.8 Å². The molecule has 0 amide bonds. The number of carbonyl (C=O) groups is 5. The highest BCUT2D eigenvalue weighted by atomic mass is 16.6. The van der Waals surface area contributed by atoms with Crippen LogP contribution in [0.5, 0.6) is 5.75 Å². The number of rotatable bonds is 4. The van der Waals surface area contributed by atoms with Gasteiger partial charge in [0, 0.05) is 0 Å². The Morgan fingerprint density at radius 1 is 0.625 bits per heavy atom. The summed E-state index contributed by atoms with van der Waals surface area (Å²) in [6.45, 7) is 0. The lowest BCUT2D eigenvalue weighted by atomic mass is 10.00. The molecule has 5 rings (SSSR count). The fourth-order valence-corrected chi connectivity index (χ4v) is 3.53. The Kier molecular flexibility index (Phi) is 4.41. The average Bonchev–Trinajstić information content (AvgIpc) is 3.23.